The number of benzene rings is 4. The molecule has 0 aromatic heterocycles. The van der Waals surface area contributed by atoms with E-state index in [2.05, 4.69) is 10.6 Å². The van der Waals surface area contributed by atoms with Crippen LogP contribution < -0.4 is 10.6 Å². The van der Waals surface area contributed by atoms with E-state index in [-0.39, 0.29) is 11.8 Å². The van der Waals surface area contributed by atoms with E-state index in [1.165, 1.54) is 12.2 Å². The van der Waals surface area contributed by atoms with Gasteiger partial charge in [-0.15, -0.1) is 0 Å². The lowest BCUT2D eigenvalue weighted by Gasteiger charge is -2.28. The minimum absolute atomic E-state index is 0.298. The number of aliphatic hydroxyl groups is 4. The van der Waals surface area contributed by atoms with E-state index in [1.54, 1.807) is 48.5 Å². The summed E-state index contributed by atoms with van der Waals surface area (Å²) >= 11 is 0. The summed E-state index contributed by atoms with van der Waals surface area (Å²) < 4.78 is 0. The molecule has 43 heavy (non-hydrogen) atoms. The Kier molecular flexibility index (Phi) is 9.77. The van der Waals surface area contributed by atoms with Crippen molar-refractivity contribution in [3.05, 3.63) is 142 Å². The van der Waals surface area contributed by atoms with Crippen molar-refractivity contribution in [2.24, 2.45) is 5.41 Å². The molecule has 0 saturated carbocycles. The van der Waals surface area contributed by atoms with Gasteiger partial charge in [0.05, 0.1) is 13.2 Å². The summed E-state index contributed by atoms with van der Waals surface area (Å²) in [6.07, 6.45) is 2.61. The molecule has 0 aliphatic heterocycles. The average Bonchev–Trinajstić information content (AvgIpc) is 3.01. The predicted octanol–water partition coefficient (Wildman–Crippen LogP) is 6.28. The fraction of sp³-hybridized carbons (Fsp3) is 0.143. The van der Waals surface area contributed by atoms with Gasteiger partial charge in [0.2, 0.25) is 0 Å². The maximum Gasteiger partial charge on any atom is 0.255 e. The molecular weight excluding hydrogens is 544 g/mol. The Bertz CT molecular complexity index is 1530. The number of carbonyl (C=O) groups excluding carboxylic acids is 2. The third-order valence-corrected chi connectivity index (χ3v) is 7.26. The molecule has 4 aromatic carbocycles. The monoisotopic (exact) mass is 578 g/mol. The second-order valence-corrected chi connectivity index (χ2v) is 10.2. The third-order valence-electron chi connectivity index (χ3n) is 7.26. The van der Waals surface area contributed by atoms with Crippen molar-refractivity contribution >= 4 is 35.3 Å². The highest BCUT2D eigenvalue weighted by Crippen LogP contribution is 2.34. The highest BCUT2D eigenvalue weighted by Gasteiger charge is 2.38. The Morgan fingerprint density at radius 2 is 0.953 bits per heavy atom. The van der Waals surface area contributed by atoms with Crippen LogP contribution in [0.4, 0.5) is 11.4 Å². The van der Waals surface area contributed by atoms with E-state index in [0.29, 0.717) is 33.6 Å². The summed E-state index contributed by atoms with van der Waals surface area (Å²) in [4.78, 5) is 25.3. The van der Waals surface area contributed by atoms with Crippen LogP contribution in [0.25, 0.3) is 12.2 Å². The lowest BCUT2D eigenvalue weighted by atomic mass is 9.83. The molecule has 0 unspecified atom stereocenters. The summed E-state index contributed by atoms with van der Waals surface area (Å²) in [5.74, 6) is -1.54. The molecule has 0 aliphatic carbocycles. The summed E-state index contributed by atoms with van der Waals surface area (Å²) in [5, 5.41) is 47.9. The van der Waals surface area contributed by atoms with Gasteiger partial charge in [-0.3, -0.25) is 9.59 Å². The molecule has 0 radical (unpaired) electrons. The van der Waals surface area contributed by atoms with E-state index >= 15 is 0 Å². The first-order valence-corrected chi connectivity index (χ1v) is 13.6. The summed E-state index contributed by atoms with van der Waals surface area (Å²) in [6, 6.07) is 27.6. The molecule has 4 aromatic rings. The minimum atomic E-state index is -1.89. The van der Waals surface area contributed by atoms with E-state index in [1.807, 2.05) is 62.4 Å². The molecule has 0 atom stereocenters. The Balaban J connectivity index is 1.49. The molecule has 2 amide bonds. The molecule has 0 spiro atoms. The molecule has 220 valence electrons. The zero-order valence-corrected chi connectivity index (χ0v) is 23.9. The Morgan fingerprint density at radius 3 is 1.28 bits per heavy atom. The quantitative estimate of drug-likeness (QED) is 0.123. The largest absolute Gasteiger partial charge is 0.511 e. The first-order chi connectivity index (χ1) is 20.7. The second kappa shape index (κ2) is 13.7. The number of para-hydroxylation sites is 2. The maximum atomic E-state index is 12.7. The van der Waals surface area contributed by atoms with E-state index in [9.17, 15) is 30.0 Å². The number of anilines is 2. The van der Waals surface area contributed by atoms with Gasteiger partial charge >= 0.3 is 0 Å². The van der Waals surface area contributed by atoms with Gasteiger partial charge in [0.25, 0.3) is 11.8 Å². The van der Waals surface area contributed by atoms with Crippen LogP contribution in [-0.2, 0) is 0 Å². The number of carbonyl (C=O) groups is 2. The minimum Gasteiger partial charge on any atom is -0.511 e. The Hall–Kier alpha value is -5.18. The van der Waals surface area contributed by atoms with Crippen LogP contribution in [0.2, 0.25) is 0 Å². The first kappa shape index (κ1) is 30.8. The molecule has 0 bridgehead atoms. The van der Waals surface area contributed by atoms with Gasteiger partial charge in [-0.05, 0) is 84.7 Å². The van der Waals surface area contributed by atoms with Gasteiger partial charge in [-0.25, -0.2) is 0 Å². The van der Waals surface area contributed by atoms with Crippen LogP contribution in [-0.4, -0.2) is 45.5 Å². The van der Waals surface area contributed by atoms with E-state index in [0.717, 1.165) is 11.1 Å². The zero-order valence-electron chi connectivity index (χ0n) is 23.9. The maximum absolute atomic E-state index is 12.7. The molecule has 8 nitrogen and oxygen atoms in total. The number of amides is 2. The standard InChI is InChI=1S/C35H34N2O6/c1-23-7-3-5-9-29(23)36-33(42)27-15-11-25(12-16-27)19-31(40)35(21-38,22-39)32(41)20-26-13-17-28(18-14-26)34(43)37-30-10-6-4-8-24(30)2/h3-20,38-41H,21-22H2,1-2H3,(H,36,42)(H,37,43). The molecule has 0 aliphatic rings. The van der Waals surface area contributed by atoms with Crippen molar-refractivity contribution < 1.29 is 30.0 Å². The van der Waals surface area contributed by atoms with Crippen molar-refractivity contribution in [3.8, 4) is 0 Å². The van der Waals surface area contributed by atoms with Crippen LogP contribution in [0.3, 0.4) is 0 Å². The molecule has 8 heteroatoms. The smallest absolute Gasteiger partial charge is 0.255 e. The molecule has 6 N–H and O–H groups in total. The van der Waals surface area contributed by atoms with Crippen LogP contribution >= 0.6 is 0 Å². The van der Waals surface area contributed by atoms with Gasteiger partial charge < -0.3 is 31.1 Å². The number of aryl methyl sites for hydroxylation is 2. The summed E-state index contributed by atoms with van der Waals surface area (Å²) in [6.45, 7) is 2.21. The van der Waals surface area contributed by atoms with Crippen LogP contribution in [0.1, 0.15) is 43.0 Å². The van der Waals surface area contributed by atoms with E-state index < -0.39 is 30.1 Å². The van der Waals surface area contributed by atoms with Crippen LogP contribution in [0, 0.1) is 19.3 Å². The zero-order chi connectivity index (χ0) is 31.0. The molecule has 0 fully saturated rings. The lowest BCUT2D eigenvalue weighted by molar-refractivity contribution is 0.0487. The van der Waals surface area contributed by atoms with Crippen molar-refractivity contribution in [1.29, 1.82) is 0 Å². The SMILES string of the molecule is Cc1ccccc1NC(=O)c1ccc(C=C(O)C(CO)(CO)C(O)=Cc2ccc(C(=O)Nc3ccccc3C)cc2)cc1. The predicted molar refractivity (Wildman–Crippen MR) is 169 cm³/mol. The normalized spacial score (nSPS) is 12.1. The molecule has 4 rings (SSSR count). The number of hydrogen-bond donors (Lipinski definition) is 6. The van der Waals surface area contributed by atoms with Gasteiger partial charge in [-0.1, -0.05) is 60.7 Å². The number of hydrogen-bond acceptors (Lipinski definition) is 6. The van der Waals surface area contributed by atoms with Gasteiger partial charge in [0.15, 0.2) is 0 Å². The Labute approximate surface area is 250 Å². The lowest BCUT2D eigenvalue weighted by Crippen LogP contribution is -2.34. The summed E-state index contributed by atoms with van der Waals surface area (Å²) in [7, 11) is 0. The van der Waals surface area contributed by atoms with E-state index in [4.69, 9.17) is 0 Å². The van der Waals surface area contributed by atoms with Crippen molar-refractivity contribution in [2.75, 3.05) is 23.8 Å². The third kappa shape index (κ3) is 7.19. The molecule has 0 heterocycles. The van der Waals surface area contributed by atoms with Crippen molar-refractivity contribution in [2.45, 2.75) is 13.8 Å². The van der Waals surface area contributed by atoms with Crippen molar-refractivity contribution in [3.63, 3.8) is 0 Å². The number of aliphatic hydroxyl groups excluding tert-OH is 4. The van der Waals surface area contributed by atoms with Gasteiger partial charge in [0.1, 0.15) is 16.9 Å². The molecule has 0 saturated heterocycles. The first-order valence-electron chi connectivity index (χ1n) is 13.6. The molecular formula is C35H34N2O6. The fourth-order valence-corrected chi connectivity index (χ4v) is 4.37. The Morgan fingerprint density at radius 1 is 0.605 bits per heavy atom. The highest BCUT2D eigenvalue weighted by atomic mass is 16.3. The highest BCUT2D eigenvalue weighted by molar-refractivity contribution is 6.05. The number of rotatable bonds is 10. The van der Waals surface area contributed by atoms with Gasteiger partial charge in [0, 0.05) is 22.5 Å². The van der Waals surface area contributed by atoms with Crippen molar-refractivity contribution in [1.82, 2.24) is 0 Å². The topological polar surface area (TPSA) is 139 Å². The fourth-order valence-electron chi connectivity index (χ4n) is 4.37. The van der Waals surface area contributed by atoms with Gasteiger partial charge in [-0.2, -0.15) is 0 Å². The van der Waals surface area contributed by atoms with Crippen LogP contribution in [0.5, 0.6) is 0 Å². The average molecular weight is 579 g/mol. The summed E-state index contributed by atoms with van der Waals surface area (Å²) in [5.41, 5.74) is 3.13. The number of nitrogens with one attached hydrogen (secondary N) is 2. The second-order valence-electron chi connectivity index (χ2n) is 10.2. The van der Waals surface area contributed by atoms with Crippen LogP contribution in [0.15, 0.2) is 109 Å².